The molecule has 6 rings (SSSR count). The van der Waals surface area contributed by atoms with Crippen LogP contribution in [0.2, 0.25) is 0 Å². The second-order valence-electron chi connectivity index (χ2n) is 10.4. The Morgan fingerprint density at radius 1 is 1.03 bits per heavy atom. The van der Waals surface area contributed by atoms with Crippen LogP contribution in [0.3, 0.4) is 0 Å². The number of hydrogen-bond acceptors (Lipinski definition) is 6. The van der Waals surface area contributed by atoms with Gasteiger partial charge in [0, 0.05) is 47.9 Å². The molecule has 1 saturated heterocycles. The van der Waals surface area contributed by atoms with Crippen LogP contribution < -0.4 is 21.5 Å². The van der Waals surface area contributed by atoms with Crippen molar-refractivity contribution in [2.24, 2.45) is 5.73 Å². The maximum atomic E-state index is 15.0. The van der Waals surface area contributed by atoms with Gasteiger partial charge in [0.15, 0.2) is 5.65 Å². The smallest absolute Gasteiger partial charge is 0.256 e. The zero-order valence-corrected chi connectivity index (χ0v) is 21.8. The van der Waals surface area contributed by atoms with Gasteiger partial charge in [-0.25, -0.2) is 13.8 Å². The Labute approximate surface area is 225 Å². The van der Waals surface area contributed by atoms with Gasteiger partial charge in [-0.15, -0.1) is 0 Å². The molecule has 0 amide bonds. The summed E-state index contributed by atoms with van der Waals surface area (Å²) in [6, 6.07) is 13.0. The topological polar surface area (TPSA) is 89.1 Å². The van der Waals surface area contributed by atoms with E-state index in [1.807, 2.05) is 30.0 Å². The minimum atomic E-state index is -0.851. The van der Waals surface area contributed by atoms with Crippen molar-refractivity contribution in [3.63, 3.8) is 0 Å². The van der Waals surface area contributed by atoms with E-state index in [2.05, 4.69) is 11.9 Å². The van der Waals surface area contributed by atoms with Crippen LogP contribution >= 0.6 is 0 Å². The second-order valence-corrected chi connectivity index (χ2v) is 10.4. The van der Waals surface area contributed by atoms with Crippen molar-refractivity contribution < 1.29 is 8.78 Å². The minimum absolute atomic E-state index is 0.0933. The molecule has 4 aromatic rings. The summed E-state index contributed by atoms with van der Waals surface area (Å²) in [6.07, 6.45) is 3.78. The molecule has 39 heavy (non-hydrogen) atoms. The maximum absolute atomic E-state index is 15.0. The third-order valence-electron chi connectivity index (χ3n) is 7.52. The van der Waals surface area contributed by atoms with E-state index in [4.69, 9.17) is 15.7 Å². The summed E-state index contributed by atoms with van der Waals surface area (Å²) in [6.45, 7) is 7.48. The zero-order valence-electron chi connectivity index (χ0n) is 21.8. The molecule has 3 heterocycles. The van der Waals surface area contributed by atoms with Crippen molar-refractivity contribution in [3.05, 3.63) is 88.2 Å². The Hall–Kier alpha value is -4.11. The van der Waals surface area contributed by atoms with Crippen molar-refractivity contribution in [2.75, 3.05) is 18.0 Å². The Morgan fingerprint density at radius 3 is 2.44 bits per heavy atom. The molecule has 1 aliphatic heterocycles. The predicted molar refractivity (Wildman–Crippen MR) is 150 cm³/mol. The first kappa shape index (κ1) is 25.2. The van der Waals surface area contributed by atoms with E-state index < -0.39 is 22.9 Å². The number of halogens is 2. The van der Waals surface area contributed by atoms with Crippen LogP contribution in [0.1, 0.15) is 36.8 Å². The van der Waals surface area contributed by atoms with Crippen LogP contribution in [0.15, 0.2) is 59.9 Å². The quantitative estimate of drug-likeness (QED) is 0.378. The molecular weight excluding hydrogens is 498 g/mol. The first-order valence-corrected chi connectivity index (χ1v) is 13.3. The fourth-order valence-corrected chi connectivity index (χ4v) is 5.09. The first-order chi connectivity index (χ1) is 18.8. The predicted octanol–water partition coefficient (Wildman–Crippen LogP) is 4.68. The van der Waals surface area contributed by atoms with Gasteiger partial charge < -0.3 is 16.0 Å². The van der Waals surface area contributed by atoms with Gasteiger partial charge in [0.2, 0.25) is 5.95 Å². The lowest BCUT2D eigenvalue weighted by atomic mass is 9.98. The summed E-state index contributed by atoms with van der Waals surface area (Å²) in [5.74, 6) is -1.31. The highest BCUT2D eigenvalue weighted by atomic mass is 19.1. The van der Waals surface area contributed by atoms with Gasteiger partial charge in [-0.3, -0.25) is 9.36 Å². The summed E-state index contributed by atoms with van der Waals surface area (Å²) in [5.41, 5.74) is 9.34. The first-order valence-electron chi connectivity index (χ1n) is 13.3. The van der Waals surface area contributed by atoms with Crippen LogP contribution in [-0.2, 0) is 0 Å². The Morgan fingerprint density at radius 2 is 1.74 bits per heavy atom. The number of aryl methyl sites for hydroxylation is 1. The minimum Gasteiger partial charge on any atom is -0.382 e. The number of pyridine rings is 1. The summed E-state index contributed by atoms with van der Waals surface area (Å²) >= 11 is 0. The lowest BCUT2D eigenvalue weighted by Gasteiger charge is -2.30. The van der Waals surface area contributed by atoms with Crippen LogP contribution in [0.25, 0.3) is 33.7 Å². The van der Waals surface area contributed by atoms with E-state index in [1.54, 1.807) is 6.07 Å². The zero-order chi connectivity index (χ0) is 27.3. The molecule has 0 spiro atoms. The number of aromatic nitrogens is 3. The monoisotopic (exact) mass is 528 g/mol. The SMILES string of the molecule is C=C(NC1CC1)c1ccc(C)c(-c2nc(N3CCC(N)CC3)nc3c2ccc(=O)n3-c2c(F)cccc2F)c1. The largest absolute Gasteiger partial charge is 0.382 e. The van der Waals surface area contributed by atoms with Crippen molar-refractivity contribution in [1.82, 2.24) is 19.9 Å². The Kier molecular flexibility index (Phi) is 6.38. The summed E-state index contributed by atoms with van der Waals surface area (Å²) in [7, 11) is 0. The summed E-state index contributed by atoms with van der Waals surface area (Å²) < 4.78 is 31.0. The molecule has 3 N–H and O–H groups in total. The number of nitrogens with zero attached hydrogens (tertiary/aromatic N) is 4. The van der Waals surface area contributed by atoms with Crippen molar-refractivity contribution in [1.29, 1.82) is 0 Å². The number of benzene rings is 2. The Balaban J connectivity index is 1.61. The van der Waals surface area contributed by atoms with Gasteiger partial charge in [0.05, 0.1) is 5.69 Å². The average molecular weight is 529 g/mol. The highest BCUT2D eigenvalue weighted by molar-refractivity contribution is 5.93. The van der Waals surface area contributed by atoms with E-state index in [9.17, 15) is 13.6 Å². The van der Waals surface area contributed by atoms with Crippen molar-refractivity contribution >= 4 is 22.7 Å². The van der Waals surface area contributed by atoms with Crippen molar-refractivity contribution in [2.45, 2.75) is 44.7 Å². The van der Waals surface area contributed by atoms with Crippen LogP contribution in [-0.4, -0.2) is 39.7 Å². The molecule has 7 nitrogen and oxygen atoms in total. The molecule has 2 aliphatic rings. The third-order valence-corrected chi connectivity index (χ3v) is 7.52. The second kappa shape index (κ2) is 9.89. The highest BCUT2D eigenvalue weighted by Gasteiger charge is 2.25. The van der Waals surface area contributed by atoms with Gasteiger partial charge in [0.25, 0.3) is 5.56 Å². The number of para-hydroxylation sites is 1. The molecule has 1 saturated carbocycles. The van der Waals surface area contributed by atoms with Gasteiger partial charge >= 0.3 is 0 Å². The fourth-order valence-electron chi connectivity index (χ4n) is 5.09. The van der Waals surface area contributed by atoms with E-state index in [0.717, 1.165) is 64.8 Å². The highest BCUT2D eigenvalue weighted by Crippen LogP contribution is 2.34. The lowest BCUT2D eigenvalue weighted by Crippen LogP contribution is -2.40. The molecule has 0 radical (unpaired) electrons. The number of hydrogen-bond donors (Lipinski definition) is 2. The molecule has 200 valence electrons. The number of nitrogens with two attached hydrogens (primary N) is 1. The number of piperidine rings is 1. The van der Waals surface area contributed by atoms with E-state index >= 15 is 0 Å². The number of rotatable bonds is 6. The van der Waals surface area contributed by atoms with Gasteiger partial charge in [-0.05, 0) is 68.0 Å². The molecular formula is C30H30F2N6O. The van der Waals surface area contributed by atoms with Gasteiger partial charge in [-0.2, -0.15) is 4.98 Å². The lowest BCUT2D eigenvalue weighted by molar-refractivity contribution is 0.496. The molecule has 0 atom stereocenters. The third kappa shape index (κ3) is 4.78. The van der Waals surface area contributed by atoms with E-state index in [1.165, 1.54) is 12.1 Å². The number of anilines is 1. The van der Waals surface area contributed by atoms with Crippen LogP contribution in [0.4, 0.5) is 14.7 Å². The van der Waals surface area contributed by atoms with E-state index in [-0.39, 0.29) is 11.7 Å². The molecule has 2 aromatic carbocycles. The van der Waals surface area contributed by atoms with Crippen LogP contribution in [0, 0.1) is 18.6 Å². The molecule has 2 fully saturated rings. The van der Waals surface area contributed by atoms with E-state index in [0.29, 0.717) is 36.2 Å². The molecule has 0 unspecified atom stereocenters. The Bertz CT molecular complexity index is 1630. The maximum Gasteiger partial charge on any atom is 0.256 e. The fraction of sp³-hybridized carbons (Fsp3) is 0.300. The average Bonchev–Trinajstić information content (AvgIpc) is 3.74. The van der Waals surface area contributed by atoms with Crippen molar-refractivity contribution in [3.8, 4) is 16.9 Å². The normalized spacial score (nSPS) is 16.1. The number of nitrogens with one attached hydrogen (secondary N) is 1. The van der Waals surface area contributed by atoms with Gasteiger partial charge in [0.1, 0.15) is 17.3 Å². The summed E-state index contributed by atoms with van der Waals surface area (Å²) in [5, 5.41) is 3.96. The molecule has 0 bridgehead atoms. The molecule has 9 heteroatoms. The molecule has 2 aromatic heterocycles. The number of fused-ring (bicyclic) bond motifs is 1. The standard InChI is InChI=1S/C30H30F2N6O/c1-17-6-7-19(18(2)34-21-8-9-21)16-23(17)27-22-10-11-26(39)38(28-24(31)4-3-5-25(28)32)29(22)36-30(35-27)37-14-12-20(33)13-15-37/h3-7,10-11,16,20-21,34H,2,8-9,12-15,33H2,1H3. The van der Waals surface area contributed by atoms with Gasteiger partial charge in [-0.1, -0.05) is 24.8 Å². The summed E-state index contributed by atoms with van der Waals surface area (Å²) in [4.78, 5) is 24.9. The van der Waals surface area contributed by atoms with Crippen LogP contribution in [0.5, 0.6) is 0 Å². The molecule has 1 aliphatic carbocycles.